The molecule has 2 heterocycles. The summed E-state index contributed by atoms with van der Waals surface area (Å²) in [6.45, 7) is 0.781. The van der Waals surface area contributed by atoms with Crippen LogP contribution in [0.2, 0.25) is 0 Å². The first kappa shape index (κ1) is 8.87. The Morgan fingerprint density at radius 3 is 3.36 bits per heavy atom. The Morgan fingerprint density at radius 2 is 2.57 bits per heavy atom. The summed E-state index contributed by atoms with van der Waals surface area (Å²) in [4.78, 5) is 11.0. The van der Waals surface area contributed by atoms with Crippen LogP contribution in [0.1, 0.15) is 11.3 Å². The summed E-state index contributed by atoms with van der Waals surface area (Å²) < 4.78 is 9.83. The molecule has 0 aliphatic carbocycles. The van der Waals surface area contributed by atoms with E-state index in [1.54, 1.807) is 6.26 Å². The predicted octanol–water partition coefficient (Wildman–Crippen LogP) is 0.939. The lowest BCUT2D eigenvalue weighted by Gasteiger charge is -2.15. The van der Waals surface area contributed by atoms with E-state index >= 15 is 0 Å². The predicted molar refractivity (Wildman–Crippen MR) is 50.4 cm³/mol. The maximum absolute atomic E-state index is 11.0. The zero-order chi connectivity index (χ0) is 9.97. The summed E-state index contributed by atoms with van der Waals surface area (Å²) in [6.07, 6.45) is 3.91. The van der Waals surface area contributed by atoms with Gasteiger partial charge in [0, 0.05) is 24.6 Å². The van der Waals surface area contributed by atoms with E-state index in [9.17, 15) is 4.79 Å². The van der Waals surface area contributed by atoms with Crippen molar-refractivity contribution in [1.82, 2.24) is 5.32 Å². The van der Waals surface area contributed by atoms with E-state index in [-0.39, 0.29) is 5.97 Å². The minimum atomic E-state index is -0.360. The first-order valence-corrected chi connectivity index (χ1v) is 4.41. The molecule has 14 heavy (non-hydrogen) atoms. The molecule has 4 heteroatoms. The van der Waals surface area contributed by atoms with Crippen molar-refractivity contribution in [1.29, 1.82) is 0 Å². The lowest BCUT2D eigenvalue weighted by atomic mass is 10.1. The third-order valence-corrected chi connectivity index (χ3v) is 2.17. The first-order chi connectivity index (χ1) is 6.81. The molecule has 4 nitrogen and oxygen atoms in total. The molecule has 1 N–H and O–H groups in total. The number of furan rings is 1. The lowest BCUT2D eigenvalue weighted by molar-refractivity contribution is -0.134. The maximum atomic E-state index is 11.0. The smallest absolute Gasteiger partial charge is 0.332 e. The number of hydrogen-bond acceptors (Lipinski definition) is 4. The highest BCUT2D eigenvalue weighted by Crippen LogP contribution is 2.22. The van der Waals surface area contributed by atoms with Crippen molar-refractivity contribution < 1.29 is 13.9 Å². The zero-order valence-electron chi connectivity index (χ0n) is 7.87. The van der Waals surface area contributed by atoms with Crippen LogP contribution in [-0.4, -0.2) is 19.6 Å². The van der Waals surface area contributed by atoms with Crippen LogP contribution in [0.4, 0.5) is 0 Å². The summed E-state index contributed by atoms with van der Waals surface area (Å²) >= 11 is 0. The normalized spacial score (nSPS) is 17.4. The summed E-state index contributed by atoms with van der Waals surface area (Å²) in [6, 6.07) is 1.84. The highest BCUT2D eigenvalue weighted by molar-refractivity contribution is 5.91. The van der Waals surface area contributed by atoms with Crippen LogP contribution >= 0.6 is 0 Å². The molecule has 1 aliphatic rings. The van der Waals surface area contributed by atoms with Crippen molar-refractivity contribution in [2.24, 2.45) is 0 Å². The van der Waals surface area contributed by atoms with Crippen molar-refractivity contribution in [3.8, 4) is 0 Å². The van der Waals surface area contributed by atoms with Crippen LogP contribution in [0.25, 0.3) is 5.70 Å². The molecule has 0 aromatic carbocycles. The molecule has 0 amide bonds. The van der Waals surface area contributed by atoms with Crippen LogP contribution in [0.3, 0.4) is 0 Å². The van der Waals surface area contributed by atoms with Gasteiger partial charge < -0.3 is 14.5 Å². The standard InChI is InChI=1S/C10H11NO3/c1-13-10(12)6-8-7-3-5-14-9(7)2-4-11-8/h3,5-6,11H,2,4H2,1H3/b8-6+. The number of fused-ring (bicyclic) bond motifs is 1. The average Bonchev–Trinajstić information content (AvgIpc) is 2.66. The van der Waals surface area contributed by atoms with Gasteiger partial charge >= 0.3 is 5.97 Å². The number of carbonyl (C=O) groups excluding carboxylic acids is 1. The molecule has 1 aromatic rings. The molecule has 1 aliphatic heterocycles. The average molecular weight is 193 g/mol. The summed E-state index contributed by atoms with van der Waals surface area (Å²) in [5, 5.41) is 3.13. The van der Waals surface area contributed by atoms with Gasteiger partial charge in [0.1, 0.15) is 5.76 Å². The lowest BCUT2D eigenvalue weighted by Crippen LogP contribution is -2.22. The van der Waals surface area contributed by atoms with E-state index in [1.807, 2.05) is 6.07 Å². The van der Waals surface area contributed by atoms with E-state index in [1.165, 1.54) is 13.2 Å². The number of carbonyl (C=O) groups is 1. The van der Waals surface area contributed by atoms with Crippen molar-refractivity contribution in [3.63, 3.8) is 0 Å². The third kappa shape index (κ3) is 1.51. The summed E-state index contributed by atoms with van der Waals surface area (Å²) in [7, 11) is 1.36. The van der Waals surface area contributed by atoms with Crippen LogP contribution in [-0.2, 0) is 16.0 Å². The van der Waals surface area contributed by atoms with Gasteiger partial charge in [-0.1, -0.05) is 0 Å². The number of esters is 1. The largest absolute Gasteiger partial charge is 0.469 e. The Labute approximate surface area is 81.5 Å². The topological polar surface area (TPSA) is 51.5 Å². The monoisotopic (exact) mass is 193 g/mol. The molecule has 0 saturated carbocycles. The number of methoxy groups -OCH3 is 1. The molecule has 0 radical (unpaired) electrons. The van der Waals surface area contributed by atoms with Crippen molar-refractivity contribution in [2.75, 3.05) is 13.7 Å². The number of rotatable bonds is 1. The molecule has 0 unspecified atom stereocenters. The minimum Gasteiger partial charge on any atom is -0.469 e. The fourth-order valence-electron chi connectivity index (χ4n) is 1.49. The highest BCUT2D eigenvalue weighted by atomic mass is 16.5. The number of ether oxygens (including phenoxy) is 1. The quantitative estimate of drug-likeness (QED) is 0.532. The van der Waals surface area contributed by atoms with E-state index < -0.39 is 0 Å². The van der Waals surface area contributed by atoms with E-state index in [4.69, 9.17) is 4.42 Å². The Bertz CT molecular complexity index is 378. The van der Waals surface area contributed by atoms with E-state index in [0.717, 1.165) is 30.0 Å². The summed E-state index contributed by atoms with van der Waals surface area (Å²) in [5.74, 6) is 0.556. The second-order valence-corrected chi connectivity index (χ2v) is 3.02. The second-order valence-electron chi connectivity index (χ2n) is 3.02. The SMILES string of the molecule is COC(=O)/C=C1/NCCc2occc21. The fraction of sp³-hybridized carbons (Fsp3) is 0.300. The Kier molecular flexibility index (Phi) is 2.26. The van der Waals surface area contributed by atoms with Gasteiger partial charge in [0.15, 0.2) is 0 Å². The molecular weight excluding hydrogens is 182 g/mol. The van der Waals surface area contributed by atoms with Crippen LogP contribution in [0, 0.1) is 0 Å². The van der Waals surface area contributed by atoms with Crippen molar-refractivity contribution in [2.45, 2.75) is 6.42 Å². The highest BCUT2D eigenvalue weighted by Gasteiger charge is 2.16. The van der Waals surface area contributed by atoms with Gasteiger partial charge in [-0.3, -0.25) is 0 Å². The third-order valence-electron chi connectivity index (χ3n) is 2.17. The second kappa shape index (κ2) is 3.57. The molecule has 0 atom stereocenters. The zero-order valence-corrected chi connectivity index (χ0v) is 7.87. The molecule has 0 fully saturated rings. The van der Waals surface area contributed by atoms with E-state index in [2.05, 4.69) is 10.1 Å². The van der Waals surface area contributed by atoms with Gasteiger partial charge in [-0.15, -0.1) is 0 Å². The molecule has 74 valence electrons. The van der Waals surface area contributed by atoms with Gasteiger partial charge in [0.25, 0.3) is 0 Å². The van der Waals surface area contributed by atoms with Crippen LogP contribution in [0.15, 0.2) is 22.8 Å². The van der Waals surface area contributed by atoms with Gasteiger partial charge in [-0.25, -0.2) is 4.79 Å². The molecular formula is C10H11NO3. The molecule has 1 aromatic heterocycles. The van der Waals surface area contributed by atoms with Gasteiger partial charge in [0.2, 0.25) is 0 Å². The fourth-order valence-corrected chi connectivity index (χ4v) is 1.49. The van der Waals surface area contributed by atoms with Crippen molar-refractivity contribution in [3.05, 3.63) is 29.7 Å². The number of nitrogens with one attached hydrogen (secondary N) is 1. The molecule has 2 rings (SSSR count). The maximum Gasteiger partial charge on any atom is 0.332 e. The Hall–Kier alpha value is -1.71. The van der Waals surface area contributed by atoms with Gasteiger partial charge in [-0.2, -0.15) is 0 Å². The Morgan fingerprint density at radius 1 is 1.71 bits per heavy atom. The molecule has 0 saturated heterocycles. The number of hydrogen-bond donors (Lipinski definition) is 1. The Balaban J connectivity index is 2.32. The van der Waals surface area contributed by atoms with Crippen LogP contribution in [0.5, 0.6) is 0 Å². The van der Waals surface area contributed by atoms with Crippen LogP contribution < -0.4 is 5.32 Å². The van der Waals surface area contributed by atoms with E-state index in [0.29, 0.717) is 0 Å². The minimum absolute atomic E-state index is 0.360. The van der Waals surface area contributed by atoms with Crippen molar-refractivity contribution >= 4 is 11.7 Å². The molecule has 0 spiro atoms. The first-order valence-electron chi connectivity index (χ1n) is 4.41. The van der Waals surface area contributed by atoms with Gasteiger partial charge in [-0.05, 0) is 6.07 Å². The molecule has 0 bridgehead atoms. The van der Waals surface area contributed by atoms with Gasteiger partial charge in [0.05, 0.1) is 19.1 Å². The summed E-state index contributed by atoms with van der Waals surface area (Å²) in [5.41, 5.74) is 1.72.